The fourth-order valence-electron chi connectivity index (χ4n) is 2.67. The summed E-state index contributed by atoms with van der Waals surface area (Å²) in [4.78, 5) is 0.534. The summed E-state index contributed by atoms with van der Waals surface area (Å²) in [5.41, 5.74) is 0. The van der Waals surface area contributed by atoms with Crippen LogP contribution in [0.5, 0.6) is 0 Å². The van der Waals surface area contributed by atoms with Gasteiger partial charge >= 0.3 is 0 Å². The number of sulfone groups is 2. The first-order valence-corrected chi connectivity index (χ1v) is 11.8. The first kappa shape index (κ1) is 20.6. The molecule has 0 fully saturated rings. The smallest absolute Gasteiger partial charge is 0.180 e. The minimum Gasteiger partial charge on any atom is -0.377 e. The highest BCUT2D eigenvalue weighted by atomic mass is 32.2. The summed E-state index contributed by atoms with van der Waals surface area (Å²) in [5, 5.41) is 0. The molecule has 0 aliphatic heterocycles. The average Bonchev–Trinajstić information content (AvgIpc) is 2.63. The summed E-state index contributed by atoms with van der Waals surface area (Å²) in [5.74, 6) is -0.192. The Hall–Kier alpha value is -1.70. The van der Waals surface area contributed by atoms with Crippen molar-refractivity contribution in [1.82, 2.24) is 0 Å². The Morgan fingerprint density at radius 3 is 1.81 bits per heavy atom. The standard InChI is InChI=1S/C19H24O5S2/c1-2-24-17(16-26(22,23)19-13-7-4-8-14-19)10-9-15-25(20,21)18-11-5-3-6-12-18/h3-8,11-14,17H,2,9-10,15-16H2,1H3. The van der Waals surface area contributed by atoms with Crippen LogP contribution in [0.1, 0.15) is 19.8 Å². The number of hydrogen-bond acceptors (Lipinski definition) is 5. The van der Waals surface area contributed by atoms with Crippen LogP contribution in [-0.2, 0) is 24.4 Å². The van der Waals surface area contributed by atoms with Gasteiger partial charge in [0.1, 0.15) is 0 Å². The minimum absolute atomic E-state index is 0.0357. The highest BCUT2D eigenvalue weighted by Gasteiger charge is 2.22. The molecule has 26 heavy (non-hydrogen) atoms. The fraction of sp³-hybridized carbons (Fsp3) is 0.368. The van der Waals surface area contributed by atoms with E-state index in [0.29, 0.717) is 19.4 Å². The predicted octanol–water partition coefficient (Wildman–Crippen LogP) is 3.12. The lowest BCUT2D eigenvalue weighted by Gasteiger charge is -2.17. The highest BCUT2D eigenvalue weighted by molar-refractivity contribution is 7.91. The summed E-state index contributed by atoms with van der Waals surface area (Å²) in [6.07, 6.45) is 0.175. The third kappa shape index (κ3) is 5.93. The Morgan fingerprint density at radius 1 is 0.808 bits per heavy atom. The van der Waals surface area contributed by atoms with Gasteiger partial charge in [-0.1, -0.05) is 36.4 Å². The van der Waals surface area contributed by atoms with Gasteiger partial charge in [0.15, 0.2) is 19.7 Å². The minimum atomic E-state index is -3.47. The first-order valence-electron chi connectivity index (χ1n) is 8.52. The lowest BCUT2D eigenvalue weighted by molar-refractivity contribution is 0.0721. The molecule has 2 rings (SSSR count). The van der Waals surface area contributed by atoms with Crippen LogP contribution in [0.2, 0.25) is 0 Å². The summed E-state index contributed by atoms with van der Waals surface area (Å²) >= 11 is 0. The topological polar surface area (TPSA) is 77.5 Å². The molecule has 2 aromatic carbocycles. The Balaban J connectivity index is 1.98. The van der Waals surface area contributed by atoms with Gasteiger partial charge in [-0.2, -0.15) is 0 Å². The van der Waals surface area contributed by atoms with E-state index < -0.39 is 25.8 Å². The Bertz CT molecular complexity index is 876. The molecule has 0 radical (unpaired) electrons. The molecule has 0 saturated carbocycles. The van der Waals surface area contributed by atoms with Crippen molar-refractivity contribution in [2.45, 2.75) is 35.7 Å². The zero-order valence-electron chi connectivity index (χ0n) is 14.7. The quantitative estimate of drug-likeness (QED) is 0.617. The Kier molecular flexibility index (Phi) is 7.37. The van der Waals surface area contributed by atoms with Gasteiger partial charge in [0.25, 0.3) is 0 Å². The molecule has 0 aliphatic carbocycles. The van der Waals surface area contributed by atoms with Crippen molar-refractivity contribution in [1.29, 1.82) is 0 Å². The van der Waals surface area contributed by atoms with Gasteiger partial charge in [-0.05, 0) is 44.0 Å². The van der Waals surface area contributed by atoms with Crippen molar-refractivity contribution in [3.63, 3.8) is 0 Å². The SMILES string of the molecule is CCOC(CCCS(=O)(=O)c1ccccc1)CS(=O)(=O)c1ccccc1. The van der Waals surface area contributed by atoms with E-state index >= 15 is 0 Å². The van der Waals surface area contributed by atoms with E-state index in [1.165, 1.54) is 0 Å². The molecule has 0 aliphatic rings. The van der Waals surface area contributed by atoms with E-state index in [2.05, 4.69) is 0 Å². The maximum atomic E-state index is 12.5. The van der Waals surface area contributed by atoms with Gasteiger partial charge in [0.2, 0.25) is 0 Å². The second kappa shape index (κ2) is 9.30. The molecule has 1 unspecified atom stereocenters. The van der Waals surface area contributed by atoms with E-state index in [-0.39, 0.29) is 21.3 Å². The van der Waals surface area contributed by atoms with Crippen molar-refractivity contribution in [3.05, 3.63) is 60.7 Å². The van der Waals surface area contributed by atoms with Gasteiger partial charge < -0.3 is 4.74 Å². The van der Waals surface area contributed by atoms with Crippen LogP contribution in [0.25, 0.3) is 0 Å². The first-order chi connectivity index (χ1) is 12.3. The number of rotatable bonds is 10. The molecule has 142 valence electrons. The zero-order valence-corrected chi connectivity index (χ0v) is 16.4. The number of benzene rings is 2. The van der Waals surface area contributed by atoms with Gasteiger partial charge in [0, 0.05) is 6.61 Å². The van der Waals surface area contributed by atoms with Crippen LogP contribution in [0, 0.1) is 0 Å². The molecule has 5 nitrogen and oxygen atoms in total. The van der Waals surface area contributed by atoms with Crippen LogP contribution >= 0.6 is 0 Å². The van der Waals surface area contributed by atoms with Gasteiger partial charge in [-0.3, -0.25) is 0 Å². The molecule has 0 aromatic heterocycles. The van der Waals surface area contributed by atoms with Gasteiger partial charge in [0.05, 0.1) is 27.4 Å². The monoisotopic (exact) mass is 396 g/mol. The molecule has 0 heterocycles. The van der Waals surface area contributed by atoms with Crippen molar-refractivity contribution >= 4 is 19.7 Å². The van der Waals surface area contributed by atoms with E-state index in [0.717, 1.165) is 0 Å². The molecule has 1 atom stereocenters. The number of ether oxygens (including phenoxy) is 1. The summed E-state index contributed by atoms with van der Waals surface area (Å²) in [6.45, 7) is 2.17. The van der Waals surface area contributed by atoms with Gasteiger partial charge in [-0.15, -0.1) is 0 Å². The highest BCUT2D eigenvalue weighted by Crippen LogP contribution is 2.17. The third-order valence-corrected chi connectivity index (χ3v) is 7.57. The fourth-order valence-corrected chi connectivity index (χ4v) is 5.54. The molecule has 0 saturated heterocycles. The van der Waals surface area contributed by atoms with Crippen LogP contribution in [0.3, 0.4) is 0 Å². The molecular weight excluding hydrogens is 372 g/mol. The molecule has 2 aromatic rings. The maximum absolute atomic E-state index is 12.5. The second-order valence-corrected chi connectivity index (χ2v) is 10.1. The van der Waals surface area contributed by atoms with E-state index in [4.69, 9.17) is 4.74 Å². The summed E-state index contributed by atoms with van der Waals surface area (Å²) < 4.78 is 55.2. The van der Waals surface area contributed by atoms with E-state index in [1.54, 1.807) is 67.6 Å². The predicted molar refractivity (Wildman–Crippen MR) is 102 cm³/mol. The largest absolute Gasteiger partial charge is 0.377 e. The van der Waals surface area contributed by atoms with E-state index in [9.17, 15) is 16.8 Å². The van der Waals surface area contributed by atoms with Crippen LogP contribution in [0.15, 0.2) is 70.5 Å². The Morgan fingerprint density at radius 2 is 1.31 bits per heavy atom. The van der Waals surface area contributed by atoms with Crippen LogP contribution in [-0.4, -0.2) is 41.1 Å². The zero-order chi connectivity index (χ0) is 19.0. The molecule has 0 N–H and O–H groups in total. The van der Waals surface area contributed by atoms with Crippen molar-refractivity contribution in [2.24, 2.45) is 0 Å². The van der Waals surface area contributed by atoms with Crippen molar-refractivity contribution in [3.8, 4) is 0 Å². The van der Waals surface area contributed by atoms with Crippen LogP contribution in [0.4, 0.5) is 0 Å². The third-order valence-electron chi connectivity index (χ3n) is 3.95. The molecule has 7 heteroatoms. The molecule has 0 bridgehead atoms. The molecule has 0 amide bonds. The molecular formula is C19H24O5S2. The number of hydrogen-bond donors (Lipinski definition) is 0. The average molecular weight is 397 g/mol. The van der Waals surface area contributed by atoms with Crippen molar-refractivity contribution in [2.75, 3.05) is 18.1 Å². The normalized spacial score (nSPS) is 13.4. The van der Waals surface area contributed by atoms with E-state index in [1.807, 2.05) is 0 Å². The van der Waals surface area contributed by atoms with Crippen molar-refractivity contribution < 1.29 is 21.6 Å². The maximum Gasteiger partial charge on any atom is 0.180 e. The van der Waals surface area contributed by atoms with Crippen LogP contribution < -0.4 is 0 Å². The summed E-state index contributed by atoms with van der Waals surface area (Å²) in [6, 6.07) is 16.5. The second-order valence-electron chi connectivity index (χ2n) is 5.95. The molecule has 0 spiro atoms. The van der Waals surface area contributed by atoms with Gasteiger partial charge in [-0.25, -0.2) is 16.8 Å². The lowest BCUT2D eigenvalue weighted by atomic mass is 10.2. The Labute approximate surface area is 155 Å². The summed E-state index contributed by atoms with van der Waals surface area (Å²) in [7, 11) is -6.85. The lowest BCUT2D eigenvalue weighted by Crippen LogP contribution is -2.25.